The van der Waals surface area contributed by atoms with Gasteiger partial charge in [0.25, 0.3) is 11.6 Å². The van der Waals surface area contributed by atoms with Gasteiger partial charge in [0.2, 0.25) is 0 Å². The maximum Gasteiger partial charge on any atom is 0.335 e. The highest BCUT2D eigenvalue weighted by molar-refractivity contribution is 6.00. The molecule has 1 unspecified atom stereocenters. The van der Waals surface area contributed by atoms with Gasteiger partial charge in [-0.15, -0.1) is 0 Å². The Kier molecular flexibility index (Phi) is 4.81. The van der Waals surface area contributed by atoms with Gasteiger partial charge in [-0.1, -0.05) is 26.0 Å². The van der Waals surface area contributed by atoms with E-state index in [0.29, 0.717) is 17.0 Å². The van der Waals surface area contributed by atoms with E-state index in [-0.39, 0.29) is 29.6 Å². The Morgan fingerprint density at radius 1 is 1.26 bits per heavy atom. The molecule has 0 radical (unpaired) electrons. The number of amides is 1. The van der Waals surface area contributed by atoms with Crippen molar-refractivity contribution in [3.8, 4) is 5.75 Å². The first-order valence-corrected chi connectivity index (χ1v) is 8.36. The summed E-state index contributed by atoms with van der Waals surface area (Å²) in [7, 11) is 0. The number of aromatic carboxylic acids is 1. The Bertz CT molecular complexity index is 907. The number of fused-ring (bicyclic) bond motifs is 1. The van der Waals surface area contributed by atoms with Crippen molar-refractivity contribution in [1.82, 2.24) is 0 Å². The molecular formula is C19H18N2O6. The molecule has 3 rings (SSSR count). The fourth-order valence-corrected chi connectivity index (χ4v) is 2.91. The normalized spacial score (nSPS) is 16.0. The van der Waals surface area contributed by atoms with Crippen LogP contribution in [0, 0.1) is 16.0 Å². The molecule has 27 heavy (non-hydrogen) atoms. The van der Waals surface area contributed by atoms with E-state index < -0.39 is 17.0 Å². The van der Waals surface area contributed by atoms with E-state index in [0.717, 1.165) is 0 Å². The number of ether oxygens (including phenoxy) is 1. The number of anilines is 1. The Labute approximate surface area is 155 Å². The van der Waals surface area contributed by atoms with E-state index in [1.807, 2.05) is 13.8 Å². The quantitative estimate of drug-likeness (QED) is 0.639. The van der Waals surface area contributed by atoms with Gasteiger partial charge >= 0.3 is 5.97 Å². The summed E-state index contributed by atoms with van der Waals surface area (Å²) in [4.78, 5) is 36.0. The van der Waals surface area contributed by atoms with Gasteiger partial charge in [0.15, 0.2) is 6.10 Å². The highest BCUT2D eigenvalue weighted by atomic mass is 16.6. The number of hydrogen-bond donors (Lipinski definition) is 1. The maximum absolute atomic E-state index is 12.9. The fraction of sp³-hybridized carbons (Fsp3) is 0.263. The van der Waals surface area contributed by atoms with Gasteiger partial charge < -0.3 is 14.7 Å². The number of carboxylic acids is 1. The van der Waals surface area contributed by atoms with Gasteiger partial charge in [-0.2, -0.15) is 0 Å². The van der Waals surface area contributed by atoms with Gasteiger partial charge in [-0.25, -0.2) is 4.79 Å². The Balaban J connectivity index is 2.00. The summed E-state index contributed by atoms with van der Waals surface area (Å²) in [6, 6.07) is 10.3. The molecule has 1 N–H and O–H groups in total. The summed E-state index contributed by atoms with van der Waals surface area (Å²) in [5.41, 5.74) is 1.03. The second kappa shape index (κ2) is 7.06. The third-order valence-electron chi connectivity index (χ3n) is 4.35. The van der Waals surface area contributed by atoms with Crippen LogP contribution >= 0.6 is 0 Å². The molecule has 1 aliphatic rings. The van der Waals surface area contributed by atoms with Crippen LogP contribution < -0.4 is 9.64 Å². The number of benzene rings is 2. The number of carboxylic acid groups (broad SMARTS) is 1. The van der Waals surface area contributed by atoms with Crippen LogP contribution in [0.1, 0.15) is 29.8 Å². The summed E-state index contributed by atoms with van der Waals surface area (Å²) in [6.07, 6.45) is -0.697. The summed E-state index contributed by atoms with van der Waals surface area (Å²) < 4.78 is 5.77. The van der Waals surface area contributed by atoms with Crippen LogP contribution in [0.2, 0.25) is 0 Å². The monoisotopic (exact) mass is 370 g/mol. The van der Waals surface area contributed by atoms with Crippen molar-refractivity contribution >= 4 is 23.3 Å². The van der Waals surface area contributed by atoms with Crippen LogP contribution in [-0.2, 0) is 11.3 Å². The van der Waals surface area contributed by atoms with Gasteiger partial charge in [-0.3, -0.25) is 14.9 Å². The molecule has 1 amide bonds. The number of nitrogens with zero attached hydrogens (tertiary/aromatic N) is 2. The molecular weight excluding hydrogens is 352 g/mol. The molecule has 0 aromatic heterocycles. The molecule has 0 bridgehead atoms. The number of non-ortho nitro benzene ring substituents is 1. The van der Waals surface area contributed by atoms with Crippen LogP contribution in [0.5, 0.6) is 5.75 Å². The molecule has 0 fully saturated rings. The molecule has 0 spiro atoms. The first-order chi connectivity index (χ1) is 12.8. The van der Waals surface area contributed by atoms with E-state index in [4.69, 9.17) is 9.84 Å². The Morgan fingerprint density at radius 3 is 2.48 bits per heavy atom. The largest absolute Gasteiger partial charge is 0.478 e. The number of carbonyl (C=O) groups is 2. The Hall–Kier alpha value is -3.42. The van der Waals surface area contributed by atoms with Crippen molar-refractivity contribution in [3.05, 3.63) is 63.7 Å². The molecule has 1 atom stereocenters. The predicted molar refractivity (Wildman–Crippen MR) is 96.9 cm³/mol. The Morgan fingerprint density at radius 2 is 1.93 bits per heavy atom. The topological polar surface area (TPSA) is 110 Å². The van der Waals surface area contributed by atoms with E-state index in [2.05, 4.69) is 0 Å². The number of hydrogen-bond acceptors (Lipinski definition) is 5. The first-order valence-electron chi connectivity index (χ1n) is 8.36. The first kappa shape index (κ1) is 18.4. The highest BCUT2D eigenvalue weighted by Crippen LogP contribution is 2.39. The predicted octanol–water partition coefficient (Wildman–Crippen LogP) is 3.24. The van der Waals surface area contributed by atoms with Crippen LogP contribution in [0.4, 0.5) is 11.4 Å². The lowest BCUT2D eigenvalue weighted by Crippen LogP contribution is -2.48. The maximum atomic E-state index is 12.9. The lowest BCUT2D eigenvalue weighted by Gasteiger charge is -2.35. The minimum Gasteiger partial charge on any atom is -0.478 e. The van der Waals surface area contributed by atoms with E-state index >= 15 is 0 Å². The lowest BCUT2D eigenvalue weighted by atomic mass is 10.0. The van der Waals surface area contributed by atoms with Gasteiger partial charge in [0.1, 0.15) is 5.75 Å². The molecule has 0 saturated heterocycles. The number of carbonyl (C=O) groups excluding carboxylic acids is 1. The van der Waals surface area contributed by atoms with Crippen LogP contribution in [-0.4, -0.2) is 28.0 Å². The minimum absolute atomic E-state index is 0.0854. The van der Waals surface area contributed by atoms with Crippen molar-refractivity contribution in [2.24, 2.45) is 5.92 Å². The zero-order valence-corrected chi connectivity index (χ0v) is 14.8. The smallest absolute Gasteiger partial charge is 0.335 e. The lowest BCUT2D eigenvalue weighted by molar-refractivity contribution is -0.384. The zero-order valence-electron chi connectivity index (χ0n) is 14.8. The fourth-order valence-electron chi connectivity index (χ4n) is 2.91. The second-order valence-electron chi connectivity index (χ2n) is 6.62. The van der Waals surface area contributed by atoms with Crippen molar-refractivity contribution < 1.29 is 24.4 Å². The highest BCUT2D eigenvalue weighted by Gasteiger charge is 2.37. The zero-order chi connectivity index (χ0) is 19.7. The molecule has 1 heterocycles. The molecule has 2 aromatic carbocycles. The van der Waals surface area contributed by atoms with E-state index in [9.17, 15) is 19.7 Å². The third kappa shape index (κ3) is 3.59. The summed E-state index contributed by atoms with van der Waals surface area (Å²) in [5.74, 6) is -1.01. The third-order valence-corrected chi connectivity index (χ3v) is 4.35. The SMILES string of the molecule is CC(C)C1Oc2ccc([N+](=O)[O-])cc2N(Cc2ccc(C(=O)O)cc2)C1=O. The van der Waals surface area contributed by atoms with Gasteiger partial charge in [-0.05, 0) is 29.7 Å². The number of nitro benzene ring substituents is 1. The molecule has 8 nitrogen and oxygen atoms in total. The van der Waals surface area contributed by atoms with Crippen molar-refractivity contribution in [3.63, 3.8) is 0 Å². The number of rotatable bonds is 5. The second-order valence-corrected chi connectivity index (χ2v) is 6.62. The van der Waals surface area contributed by atoms with Crippen LogP contribution in [0.15, 0.2) is 42.5 Å². The standard InChI is InChI=1S/C19H18N2O6/c1-11(2)17-18(22)20(10-12-3-5-13(6-4-12)19(23)24)15-9-14(21(25)26)7-8-16(15)27-17/h3-9,11,17H,10H2,1-2H3,(H,23,24). The minimum atomic E-state index is -1.04. The van der Waals surface area contributed by atoms with Crippen molar-refractivity contribution in [2.75, 3.05) is 4.90 Å². The molecule has 0 saturated carbocycles. The molecule has 0 aliphatic carbocycles. The summed E-state index contributed by atoms with van der Waals surface area (Å²) >= 11 is 0. The van der Waals surface area contributed by atoms with Gasteiger partial charge in [0, 0.05) is 12.1 Å². The molecule has 8 heteroatoms. The molecule has 1 aliphatic heterocycles. The average Bonchev–Trinajstić information content (AvgIpc) is 2.63. The molecule has 140 valence electrons. The number of nitro groups is 1. The van der Waals surface area contributed by atoms with Gasteiger partial charge in [0.05, 0.1) is 22.7 Å². The summed E-state index contributed by atoms with van der Waals surface area (Å²) in [5, 5.41) is 20.1. The van der Waals surface area contributed by atoms with E-state index in [1.165, 1.54) is 35.2 Å². The molecule has 2 aromatic rings. The van der Waals surface area contributed by atoms with Crippen LogP contribution in [0.25, 0.3) is 0 Å². The van der Waals surface area contributed by atoms with Crippen molar-refractivity contribution in [2.45, 2.75) is 26.5 Å². The summed E-state index contributed by atoms with van der Waals surface area (Å²) in [6.45, 7) is 3.87. The van der Waals surface area contributed by atoms with Crippen molar-refractivity contribution in [1.29, 1.82) is 0 Å². The van der Waals surface area contributed by atoms with E-state index in [1.54, 1.807) is 12.1 Å². The van der Waals surface area contributed by atoms with Crippen LogP contribution in [0.3, 0.4) is 0 Å². The average molecular weight is 370 g/mol.